The van der Waals surface area contributed by atoms with Crippen LogP contribution in [0.25, 0.3) is 11.5 Å². The van der Waals surface area contributed by atoms with E-state index in [9.17, 15) is 9.18 Å². The fourth-order valence-corrected chi connectivity index (χ4v) is 3.29. The number of aryl methyl sites for hydroxylation is 2. The van der Waals surface area contributed by atoms with Gasteiger partial charge in [0.25, 0.3) is 5.89 Å². The maximum atomic E-state index is 13.8. The standard InChI is InChI=1S/C21H20FN3O2/c1-3-14-5-8-17(9-6-14)25-12-16(11-19(25)26)20-23-21(27-24-20)15-7-4-13(2)18(22)10-15/h4-10,16H,3,11-12H2,1-2H3. The molecule has 1 amide bonds. The lowest BCUT2D eigenvalue weighted by Crippen LogP contribution is -2.24. The van der Waals surface area contributed by atoms with E-state index in [4.69, 9.17) is 4.52 Å². The van der Waals surface area contributed by atoms with E-state index in [0.717, 1.165) is 12.1 Å². The maximum absolute atomic E-state index is 13.8. The predicted molar refractivity (Wildman–Crippen MR) is 100.0 cm³/mol. The molecule has 138 valence electrons. The Morgan fingerprint density at radius 1 is 1.22 bits per heavy atom. The quantitative estimate of drug-likeness (QED) is 0.693. The van der Waals surface area contributed by atoms with Crippen molar-refractivity contribution in [1.29, 1.82) is 0 Å². The molecule has 0 spiro atoms. The topological polar surface area (TPSA) is 59.2 Å². The molecule has 3 aromatic rings. The number of benzene rings is 2. The lowest BCUT2D eigenvalue weighted by molar-refractivity contribution is -0.117. The lowest BCUT2D eigenvalue weighted by Gasteiger charge is -2.16. The number of carbonyl (C=O) groups excluding carboxylic acids is 1. The van der Waals surface area contributed by atoms with E-state index < -0.39 is 0 Å². The molecule has 0 N–H and O–H groups in total. The molecule has 1 saturated heterocycles. The van der Waals surface area contributed by atoms with Crippen LogP contribution in [0.15, 0.2) is 47.0 Å². The van der Waals surface area contributed by atoms with Crippen LogP contribution < -0.4 is 4.90 Å². The minimum atomic E-state index is -0.315. The number of anilines is 1. The largest absolute Gasteiger partial charge is 0.334 e. The average molecular weight is 365 g/mol. The fraction of sp³-hybridized carbons (Fsp3) is 0.286. The van der Waals surface area contributed by atoms with Gasteiger partial charge in [0.2, 0.25) is 5.91 Å². The Labute approximate surface area is 156 Å². The number of rotatable bonds is 4. The van der Waals surface area contributed by atoms with Crippen LogP contribution in [0.1, 0.15) is 36.2 Å². The zero-order chi connectivity index (χ0) is 19.0. The highest BCUT2D eigenvalue weighted by Crippen LogP contribution is 2.32. The first-order chi connectivity index (χ1) is 13.0. The minimum absolute atomic E-state index is 0.0389. The number of amides is 1. The third kappa shape index (κ3) is 3.35. The summed E-state index contributed by atoms with van der Waals surface area (Å²) in [6, 6.07) is 12.8. The molecular formula is C21H20FN3O2. The van der Waals surface area contributed by atoms with Crippen LogP contribution in [0.2, 0.25) is 0 Å². The molecule has 1 atom stereocenters. The van der Waals surface area contributed by atoms with Crippen LogP contribution in [0.5, 0.6) is 0 Å². The molecule has 1 aliphatic heterocycles. The molecule has 1 aromatic heterocycles. The summed E-state index contributed by atoms with van der Waals surface area (Å²) in [6.07, 6.45) is 1.29. The van der Waals surface area contributed by atoms with Crippen molar-refractivity contribution in [3.8, 4) is 11.5 Å². The van der Waals surface area contributed by atoms with E-state index >= 15 is 0 Å². The van der Waals surface area contributed by atoms with Gasteiger partial charge in [-0.05, 0) is 48.7 Å². The summed E-state index contributed by atoms with van der Waals surface area (Å²) in [4.78, 5) is 18.6. The fourth-order valence-electron chi connectivity index (χ4n) is 3.29. The van der Waals surface area contributed by atoms with Crippen molar-refractivity contribution in [2.24, 2.45) is 0 Å². The van der Waals surface area contributed by atoms with Crippen molar-refractivity contribution >= 4 is 11.6 Å². The molecular weight excluding hydrogens is 345 g/mol. The molecule has 4 rings (SSSR count). The summed E-state index contributed by atoms with van der Waals surface area (Å²) in [5.41, 5.74) is 3.21. The molecule has 1 fully saturated rings. The average Bonchev–Trinajstić information content (AvgIpc) is 3.31. The third-order valence-electron chi connectivity index (χ3n) is 5.01. The van der Waals surface area contributed by atoms with Gasteiger partial charge in [0.15, 0.2) is 5.82 Å². The molecule has 0 aliphatic carbocycles. The van der Waals surface area contributed by atoms with Gasteiger partial charge in [0.1, 0.15) is 5.82 Å². The Balaban J connectivity index is 1.53. The SMILES string of the molecule is CCc1ccc(N2CC(c3noc(-c4ccc(C)c(F)c4)n3)CC2=O)cc1. The molecule has 0 radical (unpaired) electrons. The Hall–Kier alpha value is -3.02. The lowest BCUT2D eigenvalue weighted by atomic mass is 10.1. The van der Waals surface area contributed by atoms with Crippen LogP contribution >= 0.6 is 0 Å². The molecule has 5 nitrogen and oxygen atoms in total. The summed E-state index contributed by atoms with van der Waals surface area (Å²) >= 11 is 0. The number of halogens is 1. The zero-order valence-electron chi connectivity index (χ0n) is 15.3. The second-order valence-corrected chi connectivity index (χ2v) is 6.85. The van der Waals surface area contributed by atoms with Crippen LogP contribution in [-0.4, -0.2) is 22.6 Å². The van der Waals surface area contributed by atoms with Crippen LogP contribution in [0.4, 0.5) is 10.1 Å². The van der Waals surface area contributed by atoms with E-state index in [2.05, 4.69) is 17.1 Å². The van der Waals surface area contributed by atoms with Crippen LogP contribution in [0.3, 0.4) is 0 Å². The van der Waals surface area contributed by atoms with Gasteiger partial charge in [-0.25, -0.2) is 4.39 Å². The van der Waals surface area contributed by atoms with E-state index in [1.807, 2.05) is 24.3 Å². The third-order valence-corrected chi connectivity index (χ3v) is 5.01. The van der Waals surface area contributed by atoms with Crippen LogP contribution in [0, 0.1) is 12.7 Å². The predicted octanol–water partition coefficient (Wildman–Crippen LogP) is 4.27. The highest BCUT2D eigenvalue weighted by molar-refractivity contribution is 5.96. The number of hydrogen-bond acceptors (Lipinski definition) is 4. The number of carbonyl (C=O) groups is 1. The van der Waals surface area contributed by atoms with Crippen molar-refractivity contribution < 1.29 is 13.7 Å². The highest BCUT2D eigenvalue weighted by atomic mass is 19.1. The van der Waals surface area contributed by atoms with Crippen molar-refractivity contribution in [2.75, 3.05) is 11.4 Å². The van der Waals surface area contributed by atoms with Gasteiger partial charge in [-0.15, -0.1) is 0 Å². The zero-order valence-corrected chi connectivity index (χ0v) is 15.3. The molecule has 2 heterocycles. The first-order valence-corrected chi connectivity index (χ1v) is 9.04. The Bertz CT molecular complexity index is 981. The van der Waals surface area contributed by atoms with Crippen molar-refractivity contribution in [3.05, 3.63) is 65.2 Å². The Kier molecular flexibility index (Phi) is 4.48. The minimum Gasteiger partial charge on any atom is -0.334 e. The highest BCUT2D eigenvalue weighted by Gasteiger charge is 2.34. The van der Waals surface area contributed by atoms with Gasteiger partial charge < -0.3 is 9.42 Å². The van der Waals surface area contributed by atoms with E-state index in [1.165, 1.54) is 11.6 Å². The van der Waals surface area contributed by atoms with Crippen LogP contribution in [-0.2, 0) is 11.2 Å². The number of aromatic nitrogens is 2. The molecule has 1 aliphatic rings. The molecule has 0 saturated carbocycles. The summed E-state index contributed by atoms with van der Waals surface area (Å²) in [7, 11) is 0. The molecule has 0 bridgehead atoms. The summed E-state index contributed by atoms with van der Waals surface area (Å²) in [5, 5.41) is 4.03. The normalized spacial score (nSPS) is 16.9. The van der Waals surface area contributed by atoms with Crippen molar-refractivity contribution in [2.45, 2.75) is 32.6 Å². The van der Waals surface area contributed by atoms with Crippen molar-refractivity contribution in [3.63, 3.8) is 0 Å². The number of nitrogens with zero attached hydrogens (tertiary/aromatic N) is 3. The van der Waals surface area contributed by atoms with E-state index in [-0.39, 0.29) is 23.5 Å². The second-order valence-electron chi connectivity index (χ2n) is 6.85. The smallest absolute Gasteiger partial charge is 0.258 e. The summed E-state index contributed by atoms with van der Waals surface area (Å²) in [6.45, 7) is 4.30. The Morgan fingerprint density at radius 3 is 2.70 bits per heavy atom. The van der Waals surface area contributed by atoms with E-state index in [1.54, 1.807) is 24.0 Å². The first kappa shape index (κ1) is 17.4. The van der Waals surface area contributed by atoms with Gasteiger partial charge in [0, 0.05) is 30.1 Å². The van der Waals surface area contributed by atoms with Crippen molar-refractivity contribution in [1.82, 2.24) is 10.1 Å². The molecule has 2 aromatic carbocycles. The number of hydrogen-bond donors (Lipinski definition) is 0. The van der Waals surface area contributed by atoms with Gasteiger partial charge in [-0.3, -0.25) is 4.79 Å². The van der Waals surface area contributed by atoms with Gasteiger partial charge in [-0.1, -0.05) is 30.3 Å². The summed E-state index contributed by atoms with van der Waals surface area (Å²) < 4.78 is 19.1. The van der Waals surface area contributed by atoms with Gasteiger partial charge in [-0.2, -0.15) is 4.98 Å². The van der Waals surface area contributed by atoms with Gasteiger partial charge >= 0.3 is 0 Å². The Morgan fingerprint density at radius 2 is 2.00 bits per heavy atom. The van der Waals surface area contributed by atoms with Gasteiger partial charge in [0.05, 0.1) is 0 Å². The second kappa shape index (κ2) is 6.95. The molecule has 27 heavy (non-hydrogen) atoms. The monoisotopic (exact) mass is 365 g/mol. The van der Waals surface area contributed by atoms with E-state index in [0.29, 0.717) is 29.9 Å². The first-order valence-electron chi connectivity index (χ1n) is 9.04. The summed E-state index contributed by atoms with van der Waals surface area (Å²) in [5.74, 6) is 0.326. The molecule has 1 unspecified atom stereocenters. The maximum Gasteiger partial charge on any atom is 0.258 e. The molecule has 6 heteroatoms.